The van der Waals surface area contributed by atoms with Gasteiger partial charge in [-0.25, -0.2) is 9.89 Å². The van der Waals surface area contributed by atoms with Crippen LogP contribution in [0.15, 0.2) is 16.9 Å². The third-order valence-electron chi connectivity index (χ3n) is 2.33. The molecular weight excluding hydrogens is 210 g/mol. The number of nitrogens with one attached hydrogen (secondary N) is 2. The van der Waals surface area contributed by atoms with Gasteiger partial charge >= 0.3 is 5.69 Å². The predicted molar refractivity (Wildman–Crippen MR) is 57.4 cm³/mol. The Morgan fingerprint density at radius 2 is 2.06 bits per heavy atom. The summed E-state index contributed by atoms with van der Waals surface area (Å²) < 4.78 is 0. The molecule has 0 aliphatic heterocycles. The fourth-order valence-electron chi connectivity index (χ4n) is 1.49. The van der Waals surface area contributed by atoms with Gasteiger partial charge in [-0.1, -0.05) is 6.92 Å². The van der Waals surface area contributed by atoms with Crippen molar-refractivity contribution in [1.29, 1.82) is 0 Å². The van der Waals surface area contributed by atoms with E-state index in [1.165, 1.54) is 6.07 Å². The third-order valence-corrected chi connectivity index (χ3v) is 2.33. The lowest BCUT2D eigenvalue weighted by Crippen LogP contribution is -2.00. The van der Waals surface area contributed by atoms with Crippen LogP contribution in [0.5, 0.6) is 11.5 Å². The van der Waals surface area contributed by atoms with E-state index in [1.54, 1.807) is 6.07 Å². The maximum absolute atomic E-state index is 10.9. The van der Waals surface area contributed by atoms with E-state index in [0.717, 1.165) is 0 Å². The number of H-pyrrole nitrogens is 2. The average Bonchev–Trinajstić information content (AvgIpc) is 2.65. The van der Waals surface area contributed by atoms with Gasteiger partial charge in [0.15, 0.2) is 5.82 Å². The molecule has 0 radical (unpaired) electrons. The van der Waals surface area contributed by atoms with E-state index in [2.05, 4.69) is 15.2 Å². The van der Waals surface area contributed by atoms with E-state index in [1.807, 2.05) is 6.92 Å². The second-order valence-corrected chi connectivity index (χ2v) is 3.38. The van der Waals surface area contributed by atoms with Gasteiger partial charge in [0.2, 0.25) is 0 Å². The zero-order valence-electron chi connectivity index (χ0n) is 8.61. The van der Waals surface area contributed by atoms with E-state index in [-0.39, 0.29) is 17.3 Å². The first-order chi connectivity index (χ1) is 7.61. The molecule has 2 aromatic rings. The number of rotatable bonds is 2. The fourth-order valence-corrected chi connectivity index (χ4v) is 1.49. The Morgan fingerprint density at radius 3 is 2.62 bits per heavy atom. The van der Waals surface area contributed by atoms with Gasteiger partial charge < -0.3 is 10.2 Å². The minimum atomic E-state index is -0.444. The van der Waals surface area contributed by atoms with Gasteiger partial charge in [0.25, 0.3) is 0 Å². The van der Waals surface area contributed by atoms with Crippen molar-refractivity contribution in [3.05, 3.63) is 28.2 Å². The lowest BCUT2D eigenvalue weighted by molar-refractivity contribution is 0.447. The molecule has 0 atom stereocenters. The Labute approximate surface area is 90.6 Å². The van der Waals surface area contributed by atoms with Crippen molar-refractivity contribution in [2.45, 2.75) is 13.3 Å². The molecule has 0 spiro atoms. The smallest absolute Gasteiger partial charge is 0.340 e. The molecule has 0 amide bonds. The zero-order valence-corrected chi connectivity index (χ0v) is 8.61. The molecular formula is C10H11N3O3. The molecule has 0 saturated carbocycles. The summed E-state index contributed by atoms with van der Waals surface area (Å²) >= 11 is 0. The van der Waals surface area contributed by atoms with Crippen molar-refractivity contribution in [3.63, 3.8) is 0 Å². The van der Waals surface area contributed by atoms with Gasteiger partial charge in [0.1, 0.15) is 11.5 Å². The topological polar surface area (TPSA) is 102 Å². The molecule has 2 rings (SSSR count). The number of hydrogen-bond donors (Lipinski definition) is 4. The van der Waals surface area contributed by atoms with Gasteiger partial charge in [-0.05, 0) is 18.1 Å². The number of phenolic OH excluding ortho intramolecular Hbond substituents is 2. The van der Waals surface area contributed by atoms with E-state index in [4.69, 9.17) is 0 Å². The fraction of sp³-hybridized carbons (Fsp3) is 0.200. The molecule has 0 unspecified atom stereocenters. The summed E-state index contributed by atoms with van der Waals surface area (Å²) in [7, 11) is 0. The zero-order chi connectivity index (χ0) is 11.7. The van der Waals surface area contributed by atoms with Crippen molar-refractivity contribution in [3.8, 4) is 22.9 Å². The van der Waals surface area contributed by atoms with Gasteiger partial charge in [0, 0.05) is 6.07 Å². The van der Waals surface area contributed by atoms with Crippen molar-refractivity contribution in [1.82, 2.24) is 15.2 Å². The van der Waals surface area contributed by atoms with Gasteiger partial charge in [-0.15, -0.1) is 0 Å². The summed E-state index contributed by atoms with van der Waals surface area (Å²) in [5.74, 6) is 0.149. The second-order valence-electron chi connectivity index (χ2n) is 3.38. The van der Waals surface area contributed by atoms with Crippen LogP contribution < -0.4 is 5.69 Å². The third kappa shape index (κ3) is 1.65. The SMILES string of the molecule is CCc1cc(-c2n[nH]c(=O)[nH]2)c(O)cc1O. The molecule has 1 aromatic carbocycles. The standard InChI is InChI=1S/C10H11N3O3/c1-2-5-3-6(8(15)4-7(5)14)9-11-10(16)13-12-9/h3-4,14-15H,2H2,1H3,(H2,11,12,13,16). The van der Waals surface area contributed by atoms with Crippen molar-refractivity contribution in [2.75, 3.05) is 0 Å². The van der Waals surface area contributed by atoms with Crippen LogP contribution in [0.1, 0.15) is 12.5 Å². The molecule has 0 aliphatic rings. The normalized spacial score (nSPS) is 10.6. The van der Waals surface area contributed by atoms with E-state index in [9.17, 15) is 15.0 Å². The second kappa shape index (κ2) is 3.73. The molecule has 4 N–H and O–H groups in total. The molecule has 6 nitrogen and oxygen atoms in total. The number of aromatic hydroxyl groups is 2. The van der Waals surface area contributed by atoms with E-state index in [0.29, 0.717) is 17.5 Å². The minimum absolute atomic E-state index is 0.0293. The Balaban J connectivity index is 2.60. The van der Waals surface area contributed by atoms with Crippen LogP contribution in [-0.4, -0.2) is 25.4 Å². The van der Waals surface area contributed by atoms with Gasteiger partial charge in [-0.3, -0.25) is 4.98 Å². The monoisotopic (exact) mass is 221 g/mol. The van der Waals surface area contributed by atoms with E-state index < -0.39 is 5.69 Å². The molecule has 16 heavy (non-hydrogen) atoms. The molecule has 0 bridgehead atoms. The van der Waals surface area contributed by atoms with Crippen LogP contribution in [0.4, 0.5) is 0 Å². The number of aryl methyl sites for hydroxylation is 1. The molecule has 1 heterocycles. The summed E-state index contributed by atoms with van der Waals surface area (Å²) in [6, 6.07) is 2.83. The lowest BCUT2D eigenvalue weighted by Gasteiger charge is -2.06. The Kier molecular flexibility index (Phi) is 2.40. The largest absolute Gasteiger partial charge is 0.508 e. The predicted octanol–water partition coefficient (Wildman–Crippen LogP) is 0.739. The Hall–Kier alpha value is -2.24. The average molecular weight is 221 g/mol. The highest BCUT2D eigenvalue weighted by Gasteiger charge is 2.12. The van der Waals surface area contributed by atoms with Crippen LogP contribution in [-0.2, 0) is 6.42 Å². The minimum Gasteiger partial charge on any atom is -0.508 e. The number of phenols is 2. The Bertz CT molecular complexity index is 571. The van der Waals surface area contributed by atoms with Crippen molar-refractivity contribution in [2.24, 2.45) is 0 Å². The van der Waals surface area contributed by atoms with Crippen LogP contribution in [0.3, 0.4) is 0 Å². The summed E-state index contributed by atoms with van der Waals surface area (Å²) in [6.45, 7) is 1.88. The quantitative estimate of drug-likeness (QED) is 0.600. The highest BCUT2D eigenvalue weighted by molar-refractivity contribution is 5.66. The highest BCUT2D eigenvalue weighted by atomic mass is 16.3. The maximum Gasteiger partial charge on any atom is 0.340 e. The number of nitrogens with zero attached hydrogens (tertiary/aromatic N) is 1. The highest BCUT2D eigenvalue weighted by Crippen LogP contribution is 2.32. The van der Waals surface area contributed by atoms with Crippen LogP contribution in [0.25, 0.3) is 11.4 Å². The van der Waals surface area contributed by atoms with Gasteiger partial charge in [0.05, 0.1) is 5.56 Å². The maximum atomic E-state index is 10.9. The van der Waals surface area contributed by atoms with E-state index >= 15 is 0 Å². The lowest BCUT2D eigenvalue weighted by atomic mass is 10.1. The number of hydrogen-bond acceptors (Lipinski definition) is 4. The first-order valence-corrected chi connectivity index (χ1v) is 4.81. The first-order valence-electron chi connectivity index (χ1n) is 4.81. The summed E-state index contributed by atoms with van der Waals surface area (Å²) in [5.41, 5.74) is 0.616. The van der Waals surface area contributed by atoms with Crippen LogP contribution in [0, 0.1) is 0 Å². The van der Waals surface area contributed by atoms with Crippen LogP contribution in [0.2, 0.25) is 0 Å². The van der Waals surface area contributed by atoms with Gasteiger partial charge in [-0.2, -0.15) is 5.10 Å². The number of benzene rings is 1. The molecule has 0 saturated heterocycles. The summed E-state index contributed by atoms with van der Waals surface area (Å²) in [6.07, 6.45) is 0.619. The molecule has 0 fully saturated rings. The van der Waals surface area contributed by atoms with Crippen molar-refractivity contribution < 1.29 is 10.2 Å². The molecule has 0 aliphatic carbocycles. The Morgan fingerprint density at radius 1 is 1.31 bits per heavy atom. The summed E-state index contributed by atoms with van der Waals surface area (Å²) in [5, 5.41) is 25.1. The van der Waals surface area contributed by atoms with Crippen LogP contribution >= 0.6 is 0 Å². The molecule has 84 valence electrons. The molecule has 1 aromatic heterocycles. The number of aromatic amines is 2. The van der Waals surface area contributed by atoms with Crippen molar-refractivity contribution >= 4 is 0 Å². The summed E-state index contributed by atoms with van der Waals surface area (Å²) in [4.78, 5) is 13.3. The molecule has 6 heteroatoms. The number of aromatic nitrogens is 3. The first kappa shape index (κ1) is 10.3.